The zero-order chi connectivity index (χ0) is 16.0. The first kappa shape index (κ1) is 14.2. The Hall–Kier alpha value is -2.37. The van der Waals surface area contributed by atoms with Gasteiger partial charge in [0, 0.05) is 18.0 Å². The van der Waals surface area contributed by atoms with Gasteiger partial charge in [-0.1, -0.05) is 12.1 Å². The van der Waals surface area contributed by atoms with Crippen molar-refractivity contribution in [1.29, 1.82) is 0 Å². The summed E-state index contributed by atoms with van der Waals surface area (Å²) in [6, 6.07) is 5.69. The van der Waals surface area contributed by atoms with Gasteiger partial charge in [0.25, 0.3) is 0 Å². The summed E-state index contributed by atoms with van der Waals surface area (Å²) in [5.41, 5.74) is 1.85. The smallest absolute Gasteiger partial charge is 0.308 e. The molecule has 2 bridgehead atoms. The highest BCUT2D eigenvalue weighted by Gasteiger charge is 2.45. The largest absolute Gasteiger partial charge is 0.481 e. The lowest BCUT2D eigenvalue weighted by atomic mass is 9.72. The van der Waals surface area contributed by atoms with Crippen LogP contribution in [0.4, 0.5) is 0 Å². The van der Waals surface area contributed by atoms with Gasteiger partial charge in [-0.2, -0.15) is 5.10 Å². The molecule has 0 spiro atoms. The second-order valence-electron chi connectivity index (χ2n) is 6.71. The Labute approximate surface area is 133 Å². The Morgan fingerprint density at radius 1 is 1.35 bits per heavy atom. The van der Waals surface area contributed by atoms with Gasteiger partial charge in [0.15, 0.2) is 0 Å². The van der Waals surface area contributed by atoms with Crippen LogP contribution in [-0.4, -0.2) is 44.7 Å². The number of nitrogens with one attached hydrogen (secondary N) is 1. The highest BCUT2D eigenvalue weighted by Crippen LogP contribution is 2.39. The third-order valence-corrected chi connectivity index (χ3v) is 5.28. The van der Waals surface area contributed by atoms with Crippen LogP contribution in [0.2, 0.25) is 0 Å². The quantitative estimate of drug-likeness (QED) is 0.905. The molecule has 3 fully saturated rings. The molecule has 1 aromatic carbocycles. The minimum Gasteiger partial charge on any atom is -0.481 e. The fraction of sp³-hybridized carbons (Fsp3) is 0.471. The molecule has 1 amide bonds. The second kappa shape index (κ2) is 5.37. The Balaban J connectivity index is 1.53. The number of piperidine rings is 2. The number of carbonyl (C=O) groups is 2. The van der Waals surface area contributed by atoms with Gasteiger partial charge in [0.1, 0.15) is 0 Å². The maximum atomic E-state index is 12.7. The SMILES string of the molecule is O=C(O)C1CC2CCC1N(C(=O)Cc1ccc3cn[nH]c3c1)C2. The Bertz CT molecular complexity index is 769. The van der Waals surface area contributed by atoms with E-state index in [0.717, 1.165) is 29.3 Å². The number of H-pyrrole nitrogens is 1. The van der Waals surface area contributed by atoms with E-state index in [9.17, 15) is 14.7 Å². The average molecular weight is 313 g/mol. The van der Waals surface area contributed by atoms with Crippen molar-refractivity contribution in [3.8, 4) is 0 Å². The molecule has 5 rings (SSSR count). The molecule has 1 aromatic heterocycles. The highest BCUT2D eigenvalue weighted by atomic mass is 16.4. The summed E-state index contributed by atoms with van der Waals surface area (Å²) >= 11 is 0. The van der Waals surface area contributed by atoms with Crippen molar-refractivity contribution in [1.82, 2.24) is 15.1 Å². The summed E-state index contributed by atoms with van der Waals surface area (Å²) in [6.07, 6.45) is 4.63. The number of aromatic nitrogens is 2. The molecule has 2 aromatic rings. The molecule has 3 heterocycles. The van der Waals surface area contributed by atoms with Crippen LogP contribution in [0.3, 0.4) is 0 Å². The number of carboxylic acids is 1. The Morgan fingerprint density at radius 3 is 3.00 bits per heavy atom. The lowest BCUT2D eigenvalue weighted by Gasteiger charge is -2.48. The number of fused-ring (bicyclic) bond motifs is 4. The van der Waals surface area contributed by atoms with Gasteiger partial charge in [-0.25, -0.2) is 0 Å². The number of benzene rings is 1. The summed E-state index contributed by atoms with van der Waals surface area (Å²) in [4.78, 5) is 26.0. The van der Waals surface area contributed by atoms with Crippen LogP contribution in [0.25, 0.3) is 10.9 Å². The predicted octanol–water partition coefficient (Wildman–Crippen LogP) is 1.82. The van der Waals surface area contributed by atoms with E-state index in [1.165, 1.54) is 0 Å². The van der Waals surface area contributed by atoms with Crippen LogP contribution in [0.5, 0.6) is 0 Å². The number of rotatable bonds is 3. The van der Waals surface area contributed by atoms with E-state index in [1.54, 1.807) is 6.20 Å². The molecular weight excluding hydrogens is 294 g/mol. The van der Waals surface area contributed by atoms with E-state index in [0.29, 0.717) is 25.3 Å². The molecule has 3 aliphatic rings. The molecule has 1 aliphatic carbocycles. The highest BCUT2D eigenvalue weighted by molar-refractivity contribution is 5.84. The fourth-order valence-corrected chi connectivity index (χ4v) is 4.12. The number of amides is 1. The van der Waals surface area contributed by atoms with E-state index >= 15 is 0 Å². The van der Waals surface area contributed by atoms with Gasteiger partial charge in [0.2, 0.25) is 5.91 Å². The minimum absolute atomic E-state index is 0.0320. The van der Waals surface area contributed by atoms with Crippen molar-refractivity contribution in [3.05, 3.63) is 30.0 Å². The first-order valence-electron chi connectivity index (χ1n) is 8.06. The molecule has 2 N–H and O–H groups in total. The third kappa shape index (κ3) is 2.48. The molecule has 0 radical (unpaired) electrons. The van der Waals surface area contributed by atoms with E-state index in [-0.39, 0.29) is 11.9 Å². The normalized spacial score (nSPS) is 26.6. The molecule has 3 atom stereocenters. The maximum Gasteiger partial charge on any atom is 0.308 e. The maximum absolute atomic E-state index is 12.7. The zero-order valence-electron chi connectivity index (χ0n) is 12.7. The van der Waals surface area contributed by atoms with Crippen LogP contribution < -0.4 is 0 Å². The molecule has 23 heavy (non-hydrogen) atoms. The summed E-state index contributed by atoms with van der Waals surface area (Å²) in [5, 5.41) is 17.3. The van der Waals surface area contributed by atoms with Gasteiger partial charge >= 0.3 is 5.97 Å². The molecule has 120 valence electrons. The van der Waals surface area contributed by atoms with Gasteiger partial charge < -0.3 is 10.0 Å². The van der Waals surface area contributed by atoms with Crippen molar-refractivity contribution in [2.24, 2.45) is 11.8 Å². The lowest BCUT2D eigenvalue weighted by molar-refractivity contribution is -0.155. The summed E-state index contributed by atoms with van der Waals surface area (Å²) in [6.45, 7) is 0.708. The molecule has 6 nitrogen and oxygen atoms in total. The first-order valence-corrected chi connectivity index (χ1v) is 8.06. The van der Waals surface area contributed by atoms with E-state index in [2.05, 4.69) is 10.2 Å². The Morgan fingerprint density at radius 2 is 2.22 bits per heavy atom. The van der Waals surface area contributed by atoms with Crippen LogP contribution in [0.15, 0.2) is 24.4 Å². The number of aliphatic carboxylic acids is 1. The number of hydrogen-bond donors (Lipinski definition) is 2. The van der Waals surface area contributed by atoms with Crippen molar-refractivity contribution in [2.45, 2.75) is 31.7 Å². The van der Waals surface area contributed by atoms with Crippen LogP contribution in [0.1, 0.15) is 24.8 Å². The van der Waals surface area contributed by atoms with E-state index in [4.69, 9.17) is 0 Å². The van der Waals surface area contributed by atoms with Crippen LogP contribution in [0, 0.1) is 11.8 Å². The number of carbonyl (C=O) groups excluding carboxylic acids is 1. The molecule has 1 saturated carbocycles. The number of carboxylic acid groups (broad SMARTS) is 1. The number of hydrogen-bond acceptors (Lipinski definition) is 3. The lowest BCUT2D eigenvalue weighted by Crippen LogP contribution is -2.57. The van der Waals surface area contributed by atoms with Gasteiger partial charge in [-0.15, -0.1) is 0 Å². The molecule has 6 heteroatoms. The van der Waals surface area contributed by atoms with E-state index < -0.39 is 11.9 Å². The first-order chi connectivity index (χ1) is 11.1. The fourth-order valence-electron chi connectivity index (χ4n) is 4.12. The van der Waals surface area contributed by atoms with Gasteiger partial charge in [-0.05, 0) is 36.8 Å². The number of nitrogens with zero attached hydrogens (tertiary/aromatic N) is 2. The van der Waals surface area contributed by atoms with Gasteiger partial charge in [-0.3, -0.25) is 14.7 Å². The zero-order valence-corrected chi connectivity index (χ0v) is 12.7. The average Bonchev–Trinajstić information content (AvgIpc) is 3.02. The molecular formula is C17H19N3O3. The van der Waals surface area contributed by atoms with Crippen molar-refractivity contribution in [3.63, 3.8) is 0 Å². The third-order valence-electron chi connectivity index (χ3n) is 5.28. The molecule has 2 saturated heterocycles. The summed E-state index contributed by atoms with van der Waals surface area (Å²) < 4.78 is 0. The van der Waals surface area contributed by atoms with Crippen molar-refractivity contribution < 1.29 is 14.7 Å². The predicted molar refractivity (Wildman–Crippen MR) is 83.8 cm³/mol. The standard InChI is InChI=1S/C17H19N3O3/c21-16(7-10-1-3-12-8-18-19-14(12)6-10)20-9-11-2-4-15(20)13(5-11)17(22)23/h1,3,6,8,11,13,15H,2,4-5,7,9H2,(H,18,19)(H,22,23). The van der Waals surface area contributed by atoms with Crippen molar-refractivity contribution >= 4 is 22.8 Å². The van der Waals surface area contributed by atoms with Gasteiger partial charge in [0.05, 0.1) is 24.1 Å². The Kier molecular flexibility index (Phi) is 3.32. The summed E-state index contributed by atoms with van der Waals surface area (Å²) in [5.74, 6) is -0.803. The van der Waals surface area contributed by atoms with Crippen molar-refractivity contribution in [2.75, 3.05) is 6.54 Å². The van der Waals surface area contributed by atoms with Crippen LogP contribution >= 0.6 is 0 Å². The summed E-state index contributed by atoms with van der Waals surface area (Å²) in [7, 11) is 0. The van der Waals surface area contributed by atoms with Crippen LogP contribution in [-0.2, 0) is 16.0 Å². The second-order valence-corrected chi connectivity index (χ2v) is 6.71. The number of aromatic amines is 1. The minimum atomic E-state index is -0.768. The topological polar surface area (TPSA) is 86.3 Å². The molecule has 2 aliphatic heterocycles. The molecule has 3 unspecified atom stereocenters. The van der Waals surface area contributed by atoms with E-state index in [1.807, 2.05) is 23.1 Å². The monoisotopic (exact) mass is 313 g/mol.